The van der Waals surface area contributed by atoms with Crippen LogP contribution >= 0.6 is 0 Å². The van der Waals surface area contributed by atoms with Gasteiger partial charge in [-0.2, -0.15) is 0 Å². The van der Waals surface area contributed by atoms with Crippen molar-refractivity contribution in [2.45, 2.75) is 50.4 Å². The summed E-state index contributed by atoms with van der Waals surface area (Å²) in [5.41, 5.74) is 0. The van der Waals surface area contributed by atoms with E-state index in [9.17, 15) is 10.2 Å². The molecule has 1 aliphatic heterocycles. The van der Waals surface area contributed by atoms with Gasteiger partial charge in [-0.1, -0.05) is 6.42 Å². The summed E-state index contributed by atoms with van der Waals surface area (Å²) < 4.78 is 0. The van der Waals surface area contributed by atoms with Crippen LogP contribution in [0.2, 0.25) is 0 Å². The lowest BCUT2D eigenvalue weighted by Gasteiger charge is -2.32. The van der Waals surface area contributed by atoms with Crippen LogP contribution < -0.4 is 0 Å². The van der Waals surface area contributed by atoms with Gasteiger partial charge >= 0.3 is 0 Å². The zero-order valence-corrected chi connectivity index (χ0v) is 9.76. The second-order valence-corrected chi connectivity index (χ2v) is 5.20. The summed E-state index contributed by atoms with van der Waals surface area (Å²) in [7, 11) is 0. The molecule has 0 aromatic heterocycles. The van der Waals surface area contributed by atoms with Gasteiger partial charge in [-0.25, -0.2) is 0 Å². The van der Waals surface area contributed by atoms with Gasteiger partial charge in [0.2, 0.25) is 0 Å². The van der Waals surface area contributed by atoms with E-state index in [1.165, 1.54) is 0 Å². The van der Waals surface area contributed by atoms with Gasteiger partial charge in [0.15, 0.2) is 0 Å². The van der Waals surface area contributed by atoms with E-state index in [2.05, 4.69) is 4.90 Å². The maximum Gasteiger partial charge on any atom is 0.0897 e. The highest BCUT2D eigenvalue weighted by atomic mass is 16.3. The van der Waals surface area contributed by atoms with E-state index in [-0.39, 0.29) is 12.7 Å². The monoisotopic (exact) mass is 229 g/mol. The molecule has 1 heterocycles. The van der Waals surface area contributed by atoms with Gasteiger partial charge in [0.25, 0.3) is 0 Å². The van der Waals surface area contributed by atoms with Crippen molar-refractivity contribution in [3.05, 3.63) is 0 Å². The maximum atomic E-state index is 9.92. The van der Waals surface area contributed by atoms with Gasteiger partial charge in [0.1, 0.15) is 0 Å². The molecule has 16 heavy (non-hydrogen) atoms. The molecule has 2 fully saturated rings. The SMILES string of the molecule is OCC(O)CN1CCCC1C1CCCC1O. The Morgan fingerprint density at radius 3 is 2.62 bits per heavy atom. The number of hydrogen-bond acceptors (Lipinski definition) is 4. The molecule has 1 saturated carbocycles. The van der Waals surface area contributed by atoms with Crippen LogP contribution in [-0.2, 0) is 0 Å². The first-order valence-electron chi connectivity index (χ1n) is 6.43. The van der Waals surface area contributed by atoms with Gasteiger partial charge < -0.3 is 15.3 Å². The van der Waals surface area contributed by atoms with Crippen molar-refractivity contribution in [3.8, 4) is 0 Å². The third-order valence-electron chi connectivity index (χ3n) is 4.10. The summed E-state index contributed by atoms with van der Waals surface area (Å²) >= 11 is 0. The minimum Gasteiger partial charge on any atom is -0.394 e. The van der Waals surface area contributed by atoms with Crippen LogP contribution in [0, 0.1) is 5.92 Å². The number of rotatable bonds is 4. The topological polar surface area (TPSA) is 63.9 Å². The quantitative estimate of drug-likeness (QED) is 0.633. The Morgan fingerprint density at radius 1 is 1.19 bits per heavy atom. The van der Waals surface area contributed by atoms with E-state index in [1.54, 1.807) is 0 Å². The number of hydrogen-bond donors (Lipinski definition) is 3. The molecular weight excluding hydrogens is 206 g/mol. The van der Waals surface area contributed by atoms with Crippen LogP contribution in [0.25, 0.3) is 0 Å². The van der Waals surface area contributed by atoms with Gasteiger partial charge in [-0.3, -0.25) is 4.90 Å². The maximum absolute atomic E-state index is 9.92. The number of β-amino-alcohol motifs (C(OH)–C–C–N with tert-alkyl or cyclic N) is 1. The number of aliphatic hydroxyl groups is 3. The predicted molar refractivity (Wildman–Crippen MR) is 61.0 cm³/mol. The van der Waals surface area contributed by atoms with E-state index >= 15 is 0 Å². The molecule has 4 atom stereocenters. The Bertz CT molecular complexity index is 224. The molecule has 0 aromatic rings. The second-order valence-electron chi connectivity index (χ2n) is 5.20. The van der Waals surface area contributed by atoms with E-state index in [1.807, 2.05) is 0 Å². The lowest BCUT2D eigenvalue weighted by molar-refractivity contribution is 0.0274. The molecule has 4 unspecified atom stereocenters. The molecule has 2 aliphatic rings. The molecule has 0 bridgehead atoms. The highest BCUT2D eigenvalue weighted by Gasteiger charge is 2.38. The zero-order valence-electron chi connectivity index (χ0n) is 9.76. The molecule has 1 aliphatic carbocycles. The van der Waals surface area contributed by atoms with Crippen molar-refractivity contribution in [1.82, 2.24) is 4.90 Å². The molecule has 1 saturated heterocycles. The van der Waals surface area contributed by atoms with E-state index in [0.29, 0.717) is 18.5 Å². The Balaban J connectivity index is 1.92. The lowest BCUT2D eigenvalue weighted by atomic mass is 9.94. The molecule has 4 nitrogen and oxygen atoms in total. The zero-order chi connectivity index (χ0) is 11.5. The van der Waals surface area contributed by atoms with Crippen molar-refractivity contribution >= 4 is 0 Å². The molecule has 0 spiro atoms. The fourth-order valence-electron chi connectivity index (χ4n) is 3.31. The molecule has 4 heteroatoms. The van der Waals surface area contributed by atoms with Crippen LogP contribution in [0.3, 0.4) is 0 Å². The number of nitrogens with zero attached hydrogens (tertiary/aromatic N) is 1. The minimum atomic E-state index is -0.640. The molecule has 0 amide bonds. The van der Waals surface area contributed by atoms with Crippen molar-refractivity contribution < 1.29 is 15.3 Å². The molecule has 0 radical (unpaired) electrons. The number of aliphatic hydroxyl groups excluding tert-OH is 3. The standard InChI is InChI=1S/C12H23NO3/c14-8-9(15)7-13-6-2-4-11(13)10-3-1-5-12(10)16/h9-12,14-16H,1-8H2. The van der Waals surface area contributed by atoms with Gasteiger partial charge in [-0.15, -0.1) is 0 Å². The summed E-state index contributed by atoms with van der Waals surface area (Å²) in [5, 5.41) is 28.3. The molecule has 94 valence electrons. The van der Waals surface area contributed by atoms with Gasteiger partial charge in [0.05, 0.1) is 18.8 Å². The third kappa shape index (κ3) is 2.56. The van der Waals surface area contributed by atoms with E-state index < -0.39 is 6.10 Å². The van der Waals surface area contributed by atoms with Gasteiger partial charge in [0, 0.05) is 18.5 Å². The average Bonchev–Trinajstić information content (AvgIpc) is 2.86. The Morgan fingerprint density at radius 2 is 2.00 bits per heavy atom. The van der Waals surface area contributed by atoms with Gasteiger partial charge in [-0.05, 0) is 32.2 Å². The van der Waals surface area contributed by atoms with Crippen LogP contribution in [0.15, 0.2) is 0 Å². The lowest BCUT2D eigenvalue weighted by Crippen LogP contribution is -2.43. The Kier molecular flexibility index (Phi) is 4.19. The van der Waals surface area contributed by atoms with Crippen LogP contribution in [0.4, 0.5) is 0 Å². The van der Waals surface area contributed by atoms with Crippen LogP contribution in [-0.4, -0.2) is 58.2 Å². The average molecular weight is 229 g/mol. The fraction of sp³-hybridized carbons (Fsp3) is 1.00. The van der Waals surface area contributed by atoms with Crippen molar-refractivity contribution in [3.63, 3.8) is 0 Å². The highest BCUT2D eigenvalue weighted by molar-refractivity contribution is 4.92. The predicted octanol–water partition coefficient (Wildman–Crippen LogP) is -0.0350. The minimum absolute atomic E-state index is 0.156. The smallest absolute Gasteiger partial charge is 0.0897 e. The summed E-state index contributed by atoms with van der Waals surface area (Å²) in [5.74, 6) is 0.383. The van der Waals surface area contributed by atoms with Crippen molar-refractivity contribution in [1.29, 1.82) is 0 Å². The number of likely N-dealkylation sites (tertiary alicyclic amines) is 1. The van der Waals surface area contributed by atoms with Crippen molar-refractivity contribution in [2.24, 2.45) is 5.92 Å². The summed E-state index contributed by atoms with van der Waals surface area (Å²) in [6.45, 7) is 1.37. The normalized spacial score (nSPS) is 38.1. The fourth-order valence-corrected chi connectivity index (χ4v) is 3.31. The summed E-state index contributed by atoms with van der Waals surface area (Å²) in [4.78, 5) is 2.25. The first kappa shape index (κ1) is 12.3. The molecule has 2 rings (SSSR count). The Labute approximate surface area is 96.9 Å². The highest BCUT2D eigenvalue weighted by Crippen LogP contribution is 2.35. The van der Waals surface area contributed by atoms with Crippen LogP contribution in [0.1, 0.15) is 32.1 Å². The summed E-state index contributed by atoms with van der Waals surface area (Å²) in [6, 6.07) is 0.415. The first-order chi connectivity index (χ1) is 7.72. The Hall–Kier alpha value is -0.160. The summed E-state index contributed by atoms with van der Waals surface area (Å²) in [6.07, 6.45) is 4.63. The molecule has 3 N–H and O–H groups in total. The molecule has 0 aromatic carbocycles. The second kappa shape index (κ2) is 5.45. The van der Waals surface area contributed by atoms with Crippen molar-refractivity contribution in [2.75, 3.05) is 19.7 Å². The van der Waals surface area contributed by atoms with E-state index in [0.717, 1.165) is 38.6 Å². The third-order valence-corrected chi connectivity index (χ3v) is 4.10. The largest absolute Gasteiger partial charge is 0.394 e. The van der Waals surface area contributed by atoms with Crippen LogP contribution in [0.5, 0.6) is 0 Å². The first-order valence-corrected chi connectivity index (χ1v) is 6.43. The molecular formula is C12H23NO3. The van der Waals surface area contributed by atoms with E-state index in [4.69, 9.17) is 5.11 Å².